The Kier molecular flexibility index (Phi) is 2.68. The van der Waals surface area contributed by atoms with Gasteiger partial charge in [-0.3, -0.25) is 0 Å². The fourth-order valence-electron chi connectivity index (χ4n) is 1.96. The van der Waals surface area contributed by atoms with Crippen LogP contribution in [0.15, 0.2) is 33.6 Å². The number of nitrogens with one attached hydrogen (secondary N) is 1. The summed E-state index contributed by atoms with van der Waals surface area (Å²) in [6.45, 7) is 0. The lowest BCUT2D eigenvalue weighted by Crippen LogP contribution is -2.20. The first kappa shape index (κ1) is 12.0. The third-order valence-corrected chi connectivity index (χ3v) is 4.06. The lowest BCUT2D eigenvalue weighted by atomic mass is 10.1. The highest BCUT2D eigenvalue weighted by Gasteiger charge is 2.20. The molecule has 0 saturated heterocycles. The van der Waals surface area contributed by atoms with Crippen LogP contribution in [0.2, 0.25) is 0 Å². The zero-order valence-electron chi connectivity index (χ0n) is 9.67. The van der Waals surface area contributed by atoms with Gasteiger partial charge in [0.1, 0.15) is 5.58 Å². The van der Waals surface area contributed by atoms with Crippen LogP contribution in [-0.4, -0.2) is 13.6 Å². The maximum absolute atomic E-state index is 11.6. The van der Waals surface area contributed by atoms with Gasteiger partial charge in [-0.2, -0.15) is 0 Å². The number of para-hydroxylation sites is 1. The van der Waals surface area contributed by atoms with Crippen molar-refractivity contribution in [3.63, 3.8) is 0 Å². The summed E-state index contributed by atoms with van der Waals surface area (Å²) < 4.78 is 28.9. The van der Waals surface area contributed by atoms with Crippen molar-refractivity contribution >= 4 is 27.1 Å². The number of hydrogen-bond donors (Lipinski definition) is 2. The summed E-state index contributed by atoms with van der Waals surface area (Å²) >= 11 is 0. The van der Waals surface area contributed by atoms with E-state index in [1.54, 1.807) is 6.07 Å². The van der Waals surface area contributed by atoms with Gasteiger partial charge >= 0.3 is 0 Å². The Labute approximate surface area is 109 Å². The molecule has 2 N–H and O–H groups in total. The third-order valence-electron chi connectivity index (χ3n) is 2.87. The fourth-order valence-corrected chi connectivity index (χ4v) is 2.61. The number of sulfonamides is 1. The third kappa shape index (κ3) is 1.94. The largest absolute Gasteiger partial charge is 0.447 e. The minimum Gasteiger partial charge on any atom is -0.447 e. The standard InChI is InChI=1S/C13H9NO4S/c15-14-19(16,17)9-4-3-7-13-11(8-9)10-5-1-2-6-12(10)18-13/h1-2,5-6,8,14-15H,4H2. The van der Waals surface area contributed by atoms with Crippen LogP contribution in [0.3, 0.4) is 0 Å². The van der Waals surface area contributed by atoms with Crippen LogP contribution >= 0.6 is 0 Å². The molecule has 1 aromatic carbocycles. The van der Waals surface area contributed by atoms with Gasteiger partial charge in [-0.05, 0) is 18.1 Å². The van der Waals surface area contributed by atoms with E-state index in [2.05, 4.69) is 11.8 Å². The minimum atomic E-state index is -3.91. The second-order valence-corrected chi connectivity index (χ2v) is 5.74. The monoisotopic (exact) mass is 275 g/mol. The molecule has 0 radical (unpaired) electrons. The first-order valence-corrected chi connectivity index (χ1v) is 6.97. The SMILES string of the molecule is O=S(=O)(NO)C1=Cc2c(oc3ccccc23)C#CC1. The Morgan fingerprint density at radius 2 is 2.11 bits per heavy atom. The van der Waals surface area contributed by atoms with Crippen molar-refractivity contribution in [3.8, 4) is 11.8 Å². The molecule has 0 saturated carbocycles. The first-order chi connectivity index (χ1) is 9.12. The van der Waals surface area contributed by atoms with Crippen molar-refractivity contribution in [3.05, 3.63) is 40.5 Å². The Balaban J connectivity index is 2.30. The second kappa shape index (κ2) is 4.24. The zero-order valence-corrected chi connectivity index (χ0v) is 10.5. The molecular formula is C13H9NO4S. The summed E-state index contributed by atoms with van der Waals surface area (Å²) in [5.74, 6) is 5.95. The van der Waals surface area contributed by atoms with Gasteiger partial charge in [0, 0.05) is 17.4 Å². The van der Waals surface area contributed by atoms with E-state index >= 15 is 0 Å². The molecule has 19 heavy (non-hydrogen) atoms. The highest BCUT2D eigenvalue weighted by Crippen LogP contribution is 2.30. The lowest BCUT2D eigenvalue weighted by Gasteiger charge is -2.02. The van der Waals surface area contributed by atoms with E-state index in [0.717, 1.165) is 5.39 Å². The number of allylic oxidation sites excluding steroid dienone is 1. The number of benzene rings is 1. The van der Waals surface area contributed by atoms with Crippen molar-refractivity contribution in [2.24, 2.45) is 0 Å². The van der Waals surface area contributed by atoms with Crippen molar-refractivity contribution in [2.75, 3.05) is 0 Å². The Morgan fingerprint density at radius 1 is 1.32 bits per heavy atom. The van der Waals surface area contributed by atoms with Crippen LogP contribution in [0, 0.1) is 11.8 Å². The summed E-state index contributed by atoms with van der Waals surface area (Å²) in [6.07, 6.45) is 1.49. The van der Waals surface area contributed by atoms with E-state index in [1.807, 2.05) is 18.2 Å². The highest BCUT2D eigenvalue weighted by molar-refractivity contribution is 7.93. The number of fused-ring (bicyclic) bond motifs is 3. The summed E-state index contributed by atoms with van der Waals surface area (Å²) in [7, 11) is -3.91. The summed E-state index contributed by atoms with van der Waals surface area (Å²) in [6, 6.07) is 7.29. The molecule has 0 unspecified atom stereocenters. The number of hydrogen-bond acceptors (Lipinski definition) is 4. The van der Waals surface area contributed by atoms with Crippen LogP contribution in [0.5, 0.6) is 0 Å². The molecule has 96 valence electrons. The Hall–Kier alpha value is -2.07. The van der Waals surface area contributed by atoms with E-state index < -0.39 is 10.0 Å². The topological polar surface area (TPSA) is 79.5 Å². The van der Waals surface area contributed by atoms with Gasteiger partial charge in [-0.15, -0.1) is 0 Å². The molecule has 0 spiro atoms. The maximum Gasteiger partial charge on any atom is 0.259 e. The van der Waals surface area contributed by atoms with Gasteiger partial charge in [0.25, 0.3) is 10.0 Å². The molecule has 3 rings (SSSR count). The average Bonchev–Trinajstić information content (AvgIpc) is 2.62. The molecule has 0 aliphatic heterocycles. The van der Waals surface area contributed by atoms with Crippen LogP contribution < -0.4 is 4.89 Å². The molecule has 0 amide bonds. The van der Waals surface area contributed by atoms with Crippen LogP contribution in [0.25, 0.3) is 17.0 Å². The quantitative estimate of drug-likeness (QED) is 0.647. The lowest BCUT2D eigenvalue weighted by molar-refractivity contribution is 0.244. The van der Waals surface area contributed by atoms with Gasteiger partial charge in [-0.25, -0.2) is 8.42 Å². The van der Waals surface area contributed by atoms with E-state index in [1.165, 1.54) is 11.0 Å². The molecule has 1 aliphatic rings. The predicted molar refractivity (Wildman–Crippen MR) is 69.5 cm³/mol. The summed E-state index contributed by atoms with van der Waals surface area (Å²) in [4.78, 5) is 1.32. The van der Waals surface area contributed by atoms with Crippen LogP contribution in [0.1, 0.15) is 17.7 Å². The Morgan fingerprint density at radius 3 is 2.89 bits per heavy atom. The van der Waals surface area contributed by atoms with Crippen molar-refractivity contribution in [2.45, 2.75) is 6.42 Å². The van der Waals surface area contributed by atoms with Gasteiger partial charge in [0.2, 0.25) is 0 Å². The smallest absolute Gasteiger partial charge is 0.259 e. The molecule has 2 aromatic rings. The fraction of sp³-hybridized carbons (Fsp3) is 0.0769. The van der Waals surface area contributed by atoms with Crippen LogP contribution in [0.4, 0.5) is 0 Å². The minimum absolute atomic E-state index is 0.00723. The zero-order chi connectivity index (χ0) is 13.5. The molecule has 0 fully saturated rings. The molecule has 5 nitrogen and oxygen atoms in total. The molecule has 1 heterocycles. The van der Waals surface area contributed by atoms with Gasteiger partial charge in [-0.1, -0.05) is 29.0 Å². The van der Waals surface area contributed by atoms with E-state index in [9.17, 15) is 8.42 Å². The van der Waals surface area contributed by atoms with Crippen LogP contribution in [-0.2, 0) is 10.0 Å². The molecule has 0 atom stereocenters. The van der Waals surface area contributed by atoms with Gasteiger partial charge < -0.3 is 9.62 Å². The van der Waals surface area contributed by atoms with E-state index in [4.69, 9.17) is 9.62 Å². The molecular weight excluding hydrogens is 266 g/mol. The maximum atomic E-state index is 11.6. The molecule has 1 aromatic heterocycles. The highest BCUT2D eigenvalue weighted by atomic mass is 32.2. The number of rotatable bonds is 2. The predicted octanol–water partition coefficient (Wildman–Crippen LogP) is 1.84. The van der Waals surface area contributed by atoms with Gasteiger partial charge in [0.05, 0.1) is 4.91 Å². The van der Waals surface area contributed by atoms with Crippen molar-refractivity contribution in [1.29, 1.82) is 0 Å². The molecule has 1 aliphatic carbocycles. The average molecular weight is 275 g/mol. The number of furan rings is 1. The first-order valence-electron chi connectivity index (χ1n) is 5.49. The van der Waals surface area contributed by atoms with E-state index in [0.29, 0.717) is 16.9 Å². The molecule has 6 heteroatoms. The normalized spacial score (nSPS) is 14.3. The van der Waals surface area contributed by atoms with Gasteiger partial charge in [0.15, 0.2) is 5.76 Å². The second-order valence-electron chi connectivity index (χ2n) is 4.02. The summed E-state index contributed by atoms with van der Waals surface area (Å²) in [5.41, 5.74) is 1.27. The Bertz CT molecular complexity index is 850. The van der Waals surface area contributed by atoms with E-state index in [-0.39, 0.29) is 11.3 Å². The van der Waals surface area contributed by atoms with Crippen molar-refractivity contribution < 1.29 is 18.0 Å². The van der Waals surface area contributed by atoms with Crippen molar-refractivity contribution in [1.82, 2.24) is 4.89 Å². The molecule has 0 bridgehead atoms. The summed E-state index contributed by atoms with van der Waals surface area (Å²) in [5, 5.41) is 9.49.